The van der Waals surface area contributed by atoms with Crippen LogP contribution < -0.4 is 0 Å². The lowest BCUT2D eigenvalue weighted by atomic mass is 9.34. The maximum atomic E-state index is 13.3. The van der Waals surface area contributed by atoms with Gasteiger partial charge in [-0.25, -0.2) is 4.79 Å². The summed E-state index contributed by atoms with van der Waals surface area (Å²) in [6, 6.07) is 1.82. The molecule has 5 fully saturated rings. The van der Waals surface area contributed by atoms with Gasteiger partial charge in [-0.1, -0.05) is 34.6 Å². The molecule has 2 saturated heterocycles. The van der Waals surface area contributed by atoms with Crippen LogP contribution in [0.1, 0.15) is 85.8 Å². The molecule has 3 saturated carbocycles. The number of carbonyl (C=O) groups excluding carboxylic acids is 3. The summed E-state index contributed by atoms with van der Waals surface area (Å²) in [6.07, 6.45) is 2.18. The van der Waals surface area contributed by atoms with Gasteiger partial charge in [-0.3, -0.25) is 9.59 Å². The summed E-state index contributed by atoms with van der Waals surface area (Å²) in [5.41, 5.74) is -2.68. The Labute approximate surface area is 228 Å². The van der Waals surface area contributed by atoms with Crippen molar-refractivity contribution in [2.75, 3.05) is 0 Å². The molecule has 5 aliphatic rings. The second-order valence-electron chi connectivity index (χ2n) is 13.8. The van der Waals surface area contributed by atoms with Crippen molar-refractivity contribution >= 4 is 17.9 Å². The lowest BCUT2D eigenvalue weighted by Gasteiger charge is -2.71. The average Bonchev–Trinajstić information content (AvgIpc) is 3.41. The van der Waals surface area contributed by atoms with Crippen molar-refractivity contribution in [3.63, 3.8) is 0 Å². The summed E-state index contributed by atoms with van der Waals surface area (Å²) in [5.74, 6) is -1.47. The lowest BCUT2D eigenvalue weighted by Crippen LogP contribution is -2.75. The molecule has 3 heterocycles. The summed E-state index contributed by atoms with van der Waals surface area (Å²) in [6.45, 7) is 13.3. The van der Waals surface area contributed by atoms with Crippen molar-refractivity contribution in [3.8, 4) is 0 Å². The van der Waals surface area contributed by atoms with Gasteiger partial charge < -0.3 is 28.5 Å². The maximum absolute atomic E-state index is 13.3. The Kier molecular flexibility index (Phi) is 5.56. The summed E-state index contributed by atoms with van der Waals surface area (Å²) < 4.78 is 29.7. The number of aliphatic hydroxyl groups excluding tert-OH is 1. The molecule has 4 unspecified atom stereocenters. The first-order chi connectivity index (χ1) is 18.2. The van der Waals surface area contributed by atoms with E-state index in [4.69, 9.17) is 23.4 Å². The van der Waals surface area contributed by atoms with E-state index in [1.807, 2.05) is 6.07 Å². The molecule has 9 nitrogen and oxygen atoms in total. The van der Waals surface area contributed by atoms with Gasteiger partial charge in [0.2, 0.25) is 0 Å². The molecule has 1 aromatic heterocycles. The highest BCUT2D eigenvalue weighted by molar-refractivity contribution is 5.82. The van der Waals surface area contributed by atoms with Crippen molar-refractivity contribution in [2.24, 2.45) is 33.5 Å². The molecule has 2 aliphatic heterocycles. The van der Waals surface area contributed by atoms with Crippen LogP contribution in [0.2, 0.25) is 0 Å². The van der Waals surface area contributed by atoms with E-state index in [2.05, 4.69) is 34.6 Å². The Morgan fingerprint density at radius 2 is 1.64 bits per heavy atom. The van der Waals surface area contributed by atoms with Crippen LogP contribution in [0.15, 0.2) is 23.0 Å². The number of fused-ring (bicyclic) bond motifs is 3. The number of cyclic esters (lactones) is 1. The quantitative estimate of drug-likeness (QED) is 0.340. The molecule has 3 aliphatic carbocycles. The van der Waals surface area contributed by atoms with Crippen LogP contribution in [0.25, 0.3) is 0 Å². The largest absolute Gasteiger partial charge is 0.472 e. The van der Waals surface area contributed by atoms with Gasteiger partial charge in [-0.05, 0) is 37.2 Å². The highest BCUT2D eigenvalue weighted by Gasteiger charge is 2.88. The molecular formula is C30H40O9. The van der Waals surface area contributed by atoms with Crippen molar-refractivity contribution in [1.29, 1.82) is 0 Å². The Balaban J connectivity index is 1.49. The van der Waals surface area contributed by atoms with E-state index in [1.165, 1.54) is 13.8 Å². The van der Waals surface area contributed by atoms with Crippen molar-refractivity contribution in [2.45, 2.75) is 110 Å². The first kappa shape index (κ1) is 26.8. The number of aliphatic hydroxyl groups is 1. The van der Waals surface area contributed by atoms with Crippen LogP contribution in [0.4, 0.5) is 0 Å². The molecule has 1 aromatic rings. The molecule has 9 heteroatoms. The molecular weight excluding hydrogens is 504 g/mol. The van der Waals surface area contributed by atoms with E-state index in [-0.39, 0.29) is 17.8 Å². The van der Waals surface area contributed by atoms with Crippen molar-refractivity contribution in [3.05, 3.63) is 24.2 Å². The fraction of sp³-hybridized carbons (Fsp3) is 0.767. The van der Waals surface area contributed by atoms with Crippen molar-refractivity contribution in [1.82, 2.24) is 0 Å². The molecule has 0 amide bonds. The molecule has 0 aromatic carbocycles. The normalized spacial score (nSPS) is 49.3. The molecule has 214 valence electrons. The fourth-order valence-corrected chi connectivity index (χ4v) is 10.2. The van der Waals surface area contributed by atoms with Gasteiger partial charge in [0.15, 0.2) is 6.10 Å². The summed E-state index contributed by atoms with van der Waals surface area (Å²) >= 11 is 0. The topological polar surface area (TPSA) is 125 Å². The monoisotopic (exact) mass is 544 g/mol. The number of furan rings is 1. The SMILES string of the molecule is CC(=O)O[C@H]1C[C@@H](OC(C)=O)C(C)(C)C2C[C@@H](O)[C@]3(C)C(CC[C@@]4(C)[C@H](c5ccoc5)OC(=O)C5OC543)[C@]21C. The van der Waals surface area contributed by atoms with Crippen molar-refractivity contribution < 1.29 is 42.9 Å². The number of ether oxygens (including phenoxy) is 4. The predicted molar refractivity (Wildman–Crippen MR) is 136 cm³/mol. The summed E-state index contributed by atoms with van der Waals surface area (Å²) in [4.78, 5) is 37.8. The molecule has 1 spiro atoms. The Bertz CT molecular complexity index is 1210. The standard InChI is InChI=1S/C30H40O9/c1-15(31)36-21-13-22(37-16(2)32)28(6)18-8-10-27(5)23(17-9-11-35-14-17)38-25(34)24-30(27,39-24)29(18,7)20(33)12-19(28)26(21,3)4/h9,11,14,18-24,33H,8,10,12-13H2,1-7H3/t18?,19?,20-,21-,22+,23+,24?,27+,28-,29+,30?/m1/s1. The highest BCUT2D eigenvalue weighted by Crippen LogP contribution is 2.80. The minimum atomic E-state index is -0.953. The van der Waals surface area contributed by atoms with Crippen LogP contribution in [-0.4, -0.2) is 53.0 Å². The van der Waals surface area contributed by atoms with Gasteiger partial charge in [0.25, 0.3) is 0 Å². The Morgan fingerprint density at radius 1 is 0.974 bits per heavy atom. The molecule has 0 bridgehead atoms. The maximum Gasteiger partial charge on any atom is 0.339 e. The minimum absolute atomic E-state index is 0.126. The predicted octanol–water partition coefficient (Wildman–Crippen LogP) is 4.12. The van der Waals surface area contributed by atoms with Gasteiger partial charge in [-0.15, -0.1) is 0 Å². The van der Waals surface area contributed by atoms with Crippen LogP contribution in [0, 0.1) is 33.5 Å². The van der Waals surface area contributed by atoms with Crippen LogP contribution >= 0.6 is 0 Å². The Morgan fingerprint density at radius 3 is 2.26 bits per heavy atom. The molecule has 6 rings (SSSR count). The van der Waals surface area contributed by atoms with Gasteiger partial charge >= 0.3 is 17.9 Å². The molecule has 1 N–H and O–H groups in total. The molecule has 11 atom stereocenters. The third-order valence-corrected chi connectivity index (χ3v) is 11.9. The molecule has 39 heavy (non-hydrogen) atoms. The third-order valence-electron chi connectivity index (χ3n) is 11.9. The van der Waals surface area contributed by atoms with Gasteiger partial charge in [0.1, 0.15) is 23.9 Å². The zero-order valence-electron chi connectivity index (χ0n) is 23.8. The number of rotatable bonds is 3. The van der Waals surface area contributed by atoms with E-state index in [1.54, 1.807) is 12.5 Å². The first-order valence-corrected chi connectivity index (χ1v) is 14.1. The number of hydrogen-bond donors (Lipinski definition) is 1. The zero-order valence-corrected chi connectivity index (χ0v) is 23.8. The van der Waals surface area contributed by atoms with E-state index >= 15 is 0 Å². The zero-order chi connectivity index (χ0) is 28.3. The minimum Gasteiger partial charge on any atom is -0.472 e. The smallest absolute Gasteiger partial charge is 0.339 e. The van der Waals surface area contributed by atoms with Gasteiger partial charge in [0, 0.05) is 47.5 Å². The average molecular weight is 545 g/mol. The second kappa shape index (κ2) is 8.09. The van der Waals surface area contributed by atoms with Crippen LogP contribution in [0.3, 0.4) is 0 Å². The second-order valence-corrected chi connectivity index (χ2v) is 13.8. The number of carbonyl (C=O) groups is 3. The van der Waals surface area contributed by atoms with Crippen LogP contribution in [0.5, 0.6) is 0 Å². The fourth-order valence-electron chi connectivity index (χ4n) is 10.2. The molecule has 0 radical (unpaired) electrons. The van der Waals surface area contributed by atoms with Gasteiger partial charge in [0.05, 0.1) is 18.6 Å². The third kappa shape index (κ3) is 3.12. The number of hydrogen-bond acceptors (Lipinski definition) is 9. The summed E-state index contributed by atoms with van der Waals surface area (Å²) in [5, 5.41) is 12.2. The van der Waals surface area contributed by atoms with E-state index in [9.17, 15) is 19.5 Å². The lowest BCUT2D eigenvalue weighted by molar-refractivity contribution is -0.296. The van der Waals surface area contributed by atoms with Gasteiger partial charge in [-0.2, -0.15) is 0 Å². The van der Waals surface area contributed by atoms with E-state index in [0.717, 1.165) is 5.56 Å². The number of esters is 3. The highest BCUT2D eigenvalue weighted by atomic mass is 16.7. The van der Waals surface area contributed by atoms with E-state index < -0.39 is 69.7 Å². The Hall–Kier alpha value is -2.39. The first-order valence-electron chi connectivity index (χ1n) is 14.1. The van der Waals surface area contributed by atoms with Crippen LogP contribution in [-0.2, 0) is 33.3 Å². The summed E-state index contributed by atoms with van der Waals surface area (Å²) in [7, 11) is 0. The number of epoxide rings is 1. The van der Waals surface area contributed by atoms with E-state index in [0.29, 0.717) is 25.7 Å².